The maximum atomic E-state index is 13.0. The summed E-state index contributed by atoms with van der Waals surface area (Å²) in [6.45, 7) is 13.9. The minimum Gasteiger partial charge on any atom is -0.462 e. The van der Waals surface area contributed by atoms with Gasteiger partial charge in [-0.1, -0.05) is 254 Å². The van der Waals surface area contributed by atoms with Crippen LogP contribution in [0.4, 0.5) is 0 Å². The Morgan fingerprint density at radius 1 is 0.337 bits per heavy atom. The van der Waals surface area contributed by atoms with E-state index in [2.05, 4.69) is 55.4 Å². The van der Waals surface area contributed by atoms with Crippen molar-refractivity contribution in [2.24, 2.45) is 23.7 Å². The predicted molar refractivity (Wildman–Crippen MR) is 331 cm³/mol. The van der Waals surface area contributed by atoms with Gasteiger partial charge in [-0.25, -0.2) is 9.13 Å². The molecule has 83 heavy (non-hydrogen) atoms. The molecule has 0 rings (SSSR count). The van der Waals surface area contributed by atoms with Gasteiger partial charge in [0, 0.05) is 25.7 Å². The number of hydrogen-bond donors (Lipinski definition) is 3. The SMILES string of the molecule is CCC(C)CCCCCCCCC(=O)OC[C@H](COP(=O)(O)OC[C@H](O)COP(=O)(O)OC[C@@H](COC(=O)CCCCCCCCCC(C)C)OC(=O)CCCCCCCCC(C)CC)OC(=O)CCCCCCCCCCCCC(C)C. The summed E-state index contributed by atoms with van der Waals surface area (Å²) in [6.07, 6.45) is 33.6. The summed E-state index contributed by atoms with van der Waals surface area (Å²) >= 11 is 0. The van der Waals surface area contributed by atoms with E-state index in [4.69, 9.17) is 37.0 Å². The standard InChI is InChI=1S/C64H124O17P2/c1-9-56(7)42-34-26-20-22-29-37-45-62(67)75-51-59(80-63(68)46-38-30-18-14-12-11-13-16-24-32-40-54(3)4)52-78-82(70,71)76-48-58(65)49-77-83(72,73)79-53-60(81-64(69)47-39-31-23-21-27-35-43-57(8)10-2)50-74-61(66)44-36-28-19-15-17-25-33-41-55(5)6/h54-60,65H,9-53H2,1-8H3,(H,70,71)(H,72,73)/t56?,57?,58-,59+,60+/m0/s1. The van der Waals surface area contributed by atoms with Crippen molar-refractivity contribution in [1.82, 2.24) is 0 Å². The van der Waals surface area contributed by atoms with Crippen LogP contribution in [0, 0.1) is 23.7 Å². The highest BCUT2D eigenvalue weighted by Gasteiger charge is 2.30. The van der Waals surface area contributed by atoms with Gasteiger partial charge in [0.1, 0.15) is 19.3 Å². The molecular weight excluding hydrogens is 1100 g/mol. The van der Waals surface area contributed by atoms with Crippen molar-refractivity contribution >= 4 is 39.5 Å². The second-order valence-corrected chi connectivity index (χ2v) is 27.5. The normalized spacial score (nSPS) is 15.1. The molecule has 0 radical (unpaired) electrons. The van der Waals surface area contributed by atoms with Gasteiger partial charge in [-0.3, -0.25) is 37.3 Å². The molecule has 0 bridgehead atoms. The molecule has 0 spiro atoms. The fourth-order valence-electron chi connectivity index (χ4n) is 9.36. The third-order valence-electron chi connectivity index (χ3n) is 15.3. The number of hydrogen-bond acceptors (Lipinski definition) is 15. The van der Waals surface area contributed by atoms with E-state index in [1.807, 2.05) is 0 Å². The first kappa shape index (κ1) is 81.1. The van der Waals surface area contributed by atoms with Crippen LogP contribution in [0.2, 0.25) is 0 Å². The van der Waals surface area contributed by atoms with Crippen molar-refractivity contribution in [1.29, 1.82) is 0 Å². The number of unbranched alkanes of at least 4 members (excludes halogenated alkanes) is 25. The molecule has 0 aromatic carbocycles. The van der Waals surface area contributed by atoms with Crippen molar-refractivity contribution in [3.05, 3.63) is 0 Å². The van der Waals surface area contributed by atoms with Gasteiger partial charge in [0.05, 0.1) is 26.4 Å². The second kappa shape index (κ2) is 54.2. The highest BCUT2D eigenvalue weighted by Crippen LogP contribution is 2.45. The fraction of sp³-hybridized carbons (Fsp3) is 0.938. The minimum atomic E-state index is -4.95. The van der Waals surface area contributed by atoms with Gasteiger partial charge in [-0.05, 0) is 49.4 Å². The Morgan fingerprint density at radius 2 is 0.578 bits per heavy atom. The Balaban J connectivity index is 5.26. The van der Waals surface area contributed by atoms with Crippen molar-refractivity contribution in [3.63, 3.8) is 0 Å². The number of carbonyl (C=O) groups excluding carboxylic acids is 4. The molecule has 19 heteroatoms. The minimum absolute atomic E-state index is 0.101. The molecule has 0 saturated heterocycles. The molecule has 0 fully saturated rings. The maximum absolute atomic E-state index is 13.0. The average Bonchev–Trinajstić information content (AvgIpc) is 3.44. The molecule has 4 unspecified atom stereocenters. The zero-order valence-electron chi connectivity index (χ0n) is 53.8. The number of carbonyl (C=O) groups is 4. The van der Waals surface area contributed by atoms with Crippen LogP contribution in [0.15, 0.2) is 0 Å². The van der Waals surface area contributed by atoms with Gasteiger partial charge < -0.3 is 33.8 Å². The molecule has 0 heterocycles. The predicted octanol–water partition coefficient (Wildman–Crippen LogP) is 17.4. The van der Waals surface area contributed by atoms with Gasteiger partial charge in [-0.2, -0.15) is 0 Å². The monoisotopic (exact) mass is 1230 g/mol. The smallest absolute Gasteiger partial charge is 0.462 e. The summed E-state index contributed by atoms with van der Waals surface area (Å²) in [6, 6.07) is 0. The van der Waals surface area contributed by atoms with Crippen molar-refractivity contribution in [2.45, 2.75) is 324 Å². The van der Waals surface area contributed by atoms with Crippen LogP contribution in [0.25, 0.3) is 0 Å². The number of rotatable bonds is 61. The van der Waals surface area contributed by atoms with Gasteiger partial charge >= 0.3 is 39.5 Å². The Morgan fingerprint density at radius 3 is 0.855 bits per heavy atom. The van der Waals surface area contributed by atoms with Crippen molar-refractivity contribution in [2.75, 3.05) is 39.6 Å². The van der Waals surface area contributed by atoms with Crippen LogP contribution in [-0.2, 0) is 65.4 Å². The largest absolute Gasteiger partial charge is 0.472 e. The Bertz CT molecular complexity index is 1670. The fourth-order valence-corrected chi connectivity index (χ4v) is 10.9. The number of esters is 4. The van der Waals surface area contributed by atoms with E-state index in [0.29, 0.717) is 31.6 Å². The molecule has 0 aliphatic rings. The molecular formula is C64H124O17P2. The van der Waals surface area contributed by atoms with E-state index in [1.54, 1.807) is 0 Å². The van der Waals surface area contributed by atoms with Crippen LogP contribution >= 0.6 is 15.6 Å². The first-order chi connectivity index (χ1) is 39.7. The number of phosphoric ester groups is 2. The number of aliphatic hydroxyl groups is 1. The summed E-state index contributed by atoms with van der Waals surface area (Å²) in [4.78, 5) is 72.2. The molecule has 7 atom stereocenters. The van der Waals surface area contributed by atoms with E-state index in [0.717, 1.165) is 120 Å². The van der Waals surface area contributed by atoms with Crippen LogP contribution in [0.3, 0.4) is 0 Å². The zero-order valence-corrected chi connectivity index (χ0v) is 55.6. The molecule has 492 valence electrons. The van der Waals surface area contributed by atoms with Crippen LogP contribution in [0.5, 0.6) is 0 Å². The molecule has 17 nitrogen and oxygen atoms in total. The Kier molecular flexibility index (Phi) is 53.0. The highest BCUT2D eigenvalue weighted by molar-refractivity contribution is 7.47. The Hall–Kier alpha value is -1.94. The average molecular weight is 1230 g/mol. The molecule has 0 aromatic rings. The topological polar surface area (TPSA) is 237 Å². The quantitative estimate of drug-likeness (QED) is 0.0222. The lowest BCUT2D eigenvalue weighted by atomic mass is 10.00. The highest BCUT2D eigenvalue weighted by atomic mass is 31.2. The van der Waals surface area contributed by atoms with E-state index < -0.39 is 97.5 Å². The summed E-state index contributed by atoms with van der Waals surface area (Å²) in [5, 5.41) is 10.5. The first-order valence-electron chi connectivity index (χ1n) is 33.3. The van der Waals surface area contributed by atoms with Gasteiger partial charge in [0.2, 0.25) is 0 Å². The number of ether oxygens (including phenoxy) is 4. The van der Waals surface area contributed by atoms with Crippen LogP contribution in [-0.4, -0.2) is 96.7 Å². The van der Waals surface area contributed by atoms with Crippen molar-refractivity contribution < 1.29 is 80.2 Å². The number of aliphatic hydroxyl groups excluding tert-OH is 1. The van der Waals surface area contributed by atoms with Gasteiger partial charge in [-0.15, -0.1) is 0 Å². The lowest BCUT2D eigenvalue weighted by Crippen LogP contribution is -2.30. The summed E-state index contributed by atoms with van der Waals surface area (Å²) < 4.78 is 68.0. The first-order valence-corrected chi connectivity index (χ1v) is 36.3. The molecule has 0 aliphatic heterocycles. The van der Waals surface area contributed by atoms with Gasteiger partial charge in [0.25, 0.3) is 0 Å². The lowest BCUT2D eigenvalue weighted by molar-refractivity contribution is -0.161. The third-order valence-corrected chi connectivity index (χ3v) is 17.2. The van der Waals surface area contributed by atoms with Crippen LogP contribution < -0.4 is 0 Å². The molecule has 0 aliphatic carbocycles. The van der Waals surface area contributed by atoms with E-state index >= 15 is 0 Å². The molecule has 3 N–H and O–H groups in total. The van der Waals surface area contributed by atoms with Crippen LogP contribution in [0.1, 0.15) is 306 Å². The van der Waals surface area contributed by atoms with E-state index in [1.165, 1.54) is 96.3 Å². The summed E-state index contributed by atoms with van der Waals surface area (Å²) in [5.41, 5.74) is 0. The zero-order chi connectivity index (χ0) is 61.8. The van der Waals surface area contributed by atoms with Crippen molar-refractivity contribution in [3.8, 4) is 0 Å². The second-order valence-electron chi connectivity index (χ2n) is 24.6. The molecule has 0 saturated carbocycles. The maximum Gasteiger partial charge on any atom is 0.472 e. The third kappa shape index (κ3) is 56.3. The van der Waals surface area contributed by atoms with Gasteiger partial charge in [0.15, 0.2) is 12.2 Å². The van der Waals surface area contributed by atoms with E-state index in [9.17, 15) is 43.2 Å². The summed E-state index contributed by atoms with van der Waals surface area (Å²) in [7, 11) is -9.89. The number of phosphoric acid groups is 2. The lowest BCUT2D eigenvalue weighted by Gasteiger charge is -2.21. The molecule has 0 aromatic heterocycles. The Labute approximate surface area is 505 Å². The molecule has 0 amide bonds. The summed E-state index contributed by atoms with van der Waals surface area (Å²) in [5.74, 6) is 0.766. The van der Waals surface area contributed by atoms with E-state index in [-0.39, 0.29) is 25.7 Å².